The van der Waals surface area contributed by atoms with Crippen LogP contribution in [0.4, 0.5) is 0 Å². The summed E-state index contributed by atoms with van der Waals surface area (Å²) in [5.41, 5.74) is 1.45. The highest BCUT2D eigenvalue weighted by molar-refractivity contribution is 5.07. The van der Waals surface area contributed by atoms with E-state index in [1.54, 1.807) is 0 Å². The molecule has 1 unspecified atom stereocenters. The molecule has 0 aromatic rings. The summed E-state index contributed by atoms with van der Waals surface area (Å²) in [6.45, 7) is 6.04. The van der Waals surface area contributed by atoms with E-state index in [4.69, 9.17) is 4.74 Å². The molecule has 0 radical (unpaired) electrons. The average Bonchev–Trinajstić information content (AvgIpc) is 2.14. The van der Waals surface area contributed by atoms with Crippen molar-refractivity contribution in [2.45, 2.75) is 13.8 Å². The molecule has 1 saturated heterocycles. The van der Waals surface area contributed by atoms with Crippen molar-refractivity contribution < 1.29 is 4.74 Å². The molecule has 0 aromatic carbocycles. The second-order valence-corrected chi connectivity index (χ2v) is 2.28. The van der Waals surface area contributed by atoms with Crippen LogP contribution in [0, 0.1) is 5.92 Å². The van der Waals surface area contributed by atoms with Gasteiger partial charge in [0.15, 0.2) is 0 Å². The number of hydrogen-bond acceptors (Lipinski definition) is 1. The van der Waals surface area contributed by atoms with Crippen molar-refractivity contribution in [2.24, 2.45) is 5.92 Å². The fourth-order valence-corrected chi connectivity index (χ4v) is 0.971. The van der Waals surface area contributed by atoms with Crippen LogP contribution in [0.5, 0.6) is 0 Å². The van der Waals surface area contributed by atoms with Crippen molar-refractivity contribution in [1.82, 2.24) is 0 Å². The Kier molecular flexibility index (Phi) is 1.69. The molecule has 1 heterocycles. The smallest absolute Gasteiger partial charge is 0.0680 e. The molecule has 0 aliphatic carbocycles. The molecule has 1 rings (SSSR count). The highest BCUT2D eigenvalue weighted by atomic mass is 16.5. The van der Waals surface area contributed by atoms with Crippen molar-refractivity contribution in [2.75, 3.05) is 13.2 Å². The van der Waals surface area contributed by atoms with Crippen LogP contribution in [0.2, 0.25) is 0 Å². The third-order valence-corrected chi connectivity index (χ3v) is 1.64. The summed E-state index contributed by atoms with van der Waals surface area (Å²) in [5.74, 6) is 0.667. The zero-order valence-corrected chi connectivity index (χ0v) is 5.48. The highest BCUT2D eigenvalue weighted by Crippen LogP contribution is 2.17. The lowest BCUT2D eigenvalue weighted by Crippen LogP contribution is -1.92. The summed E-state index contributed by atoms with van der Waals surface area (Å²) in [6, 6.07) is 0. The van der Waals surface area contributed by atoms with Crippen LogP contribution >= 0.6 is 0 Å². The van der Waals surface area contributed by atoms with E-state index in [1.807, 2.05) is 0 Å². The van der Waals surface area contributed by atoms with Crippen molar-refractivity contribution in [3.8, 4) is 0 Å². The molecular weight excluding hydrogens is 100 g/mol. The van der Waals surface area contributed by atoms with E-state index in [1.165, 1.54) is 5.57 Å². The first kappa shape index (κ1) is 5.83. The molecule has 0 N–H and O–H groups in total. The highest BCUT2D eigenvalue weighted by Gasteiger charge is 2.14. The Bertz CT molecular complexity index is 105. The van der Waals surface area contributed by atoms with Gasteiger partial charge in [-0.2, -0.15) is 0 Å². The van der Waals surface area contributed by atoms with Gasteiger partial charge in [-0.1, -0.05) is 13.0 Å². The molecule has 1 heteroatoms. The molecule has 1 aliphatic heterocycles. The van der Waals surface area contributed by atoms with Crippen molar-refractivity contribution in [1.29, 1.82) is 0 Å². The molecule has 1 nitrogen and oxygen atoms in total. The lowest BCUT2D eigenvalue weighted by Gasteiger charge is -1.96. The molecule has 0 spiro atoms. The van der Waals surface area contributed by atoms with Gasteiger partial charge in [-0.15, -0.1) is 0 Å². The Hall–Kier alpha value is -0.300. The van der Waals surface area contributed by atoms with Crippen molar-refractivity contribution >= 4 is 0 Å². The molecule has 0 saturated carbocycles. The van der Waals surface area contributed by atoms with Gasteiger partial charge in [0.1, 0.15) is 0 Å². The van der Waals surface area contributed by atoms with E-state index in [-0.39, 0.29) is 0 Å². The quantitative estimate of drug-likeness (QED) is 0.432. The fraction of sp³-hybridized carbons (Fsp3) is 0.714. The van der Waals surface area contributed by atoms with E-state index in [2.05, 4.69) is 19.9 Å². The van der Waals surface area contributed by atoms with Crippen molar-refractivity contribution in [3.05, 3.63) is 11.6 Å². The molecule has 0 bridgehead atoms. The summed E-state index contributed by atoms with van der Waals surface area (Å²) < 4.78 is 5.19. The molecule has 1 fully saturated rings. The van der Waals surface area contributed by atoms with Gasteiger partial charge in [-0.3, -0.25) is 0 Å². The second kappa shape index (κ2) is 2.31. The molecule has 8 heavy (non-hydrogen) atoms. The summed E-state index contributed by atoms with van der Waals surface area (Å²) in [5, 5.41) is 0. The number of ether oxygens (including phenoxy) is 1. The van der Waals surface area contributed by atoms with Crippen LogP contribution in [0.25, 0.3) is 0 Å². The molecular formula is C7H12O. The standard InChI is InChI=1S/C7H12O/c1-3-7-5-8-4-6(7)2/h3,6H,4-5H2,1-2H3/b7-3+. The first-order valence-corrected chi connectivity index (χ1v) is 3.07. The number of rotatable bonds is 0. The van der Waals surface area contributed by atoms with Crippen LogP contribution in [0.3, 0.4) is 0 Å². The Morgan fingerprint density at radius 1 is 1.75 bits per heavy atom. The minimum absolute atomic E-state index is 0.667. The largest absolute Gasteiger partial charge is 0.376 e. The monoisotopic (exact) mass is 112 g/mol. The molecule has 46 valence electrons. The van der Waals surface area contributed by atoms with Gasteiger partial charge in [0.05, 0.1) is 13.2 Å². The predicted octanol–water partition coefficient (Wildman–Crippen LogP) is 1.60. The van der Waals surface area contributed by atoms with Gasteiger partial charge in [0.25, 0.3) is 0 Å². The summed E-state index contributed by atoms with van der Waals surface area (Å²) in [4.78, 5) is 0. The molecule has 1 atom stereocenters. The normalized spacial score (nSPS) is 34.2. The SMILES string of the molecule is C/C=C1\COCC1C. The van der Waals surface area contributed by atoms with Gasteiger partial charge < -0.3 is 4.74 Å². The van der Waals surface area contributed by atoms with Gasteiger partial charge in [0.2, 0.25) is 0 Å². The van der Waals surface area contributed by atoms with E-state index >= 15 is 0 Å². The lowest BCUT2D eigenvalue weighted by atomic mass is 10.1. The Morgan fingerprint density at radius 3 is 2.75 bits per heavy atom. The van der Waals surface area contributed by atoms with E-state index in [9.17, 15) is 0 Å². The first-order chi connectivity index (χ1) is 3.84. The zero-order chi connectivity index (χ0) is 5.98. The Morgan fingerprint density at radius 2 is 2.50 bits per heavy atom. The molecule has 1 aliphatic rings. The van der Waals surface area contributed by atoms with Gasteiger partial charge >= 0.3 is 0 Å². The third kappa shape index (κ3) is 0.920. The average molecular weight is 112 g/mol. The van der Waals surface area contributed by atoms with E-state index < -0.39 is 0 Å². The summed E-state index contributed by atoms with van der Waals surface area (Å²) in [7, 11) is 0. The predicted molar refractivity (Wildman–Crippen MR) is 33.7 cm³/mol. The van der Waals surface area contributed by atoms with Crippen LogP contribution in [-0.2, 0) is 4.74 Å². The van der Waals surface area contributed by atoms with Crippen LogP contribution < -0.4 is 0 Å². The van der Waals surface area contributed by atoms with Crippen molar-refractivity contribution in [3.63, 3.8) is 0 Å². The molecule has 0 aromatic heterocycles. The maximum Gasteiger partial charge on any atom is 0.0680 e. The van der Waals surface area contributed by atoms with E-state index in [0.29, 0.717) is 5.92 Å². The van der Waals surface area contributed by atoms with Gasteiger partial charge in [-0.05, 0) is 12.5 Å². The van der Waals surface area contributed by atoms with Crippen LogP contribution in [-0.4, -0.2) is 13.2 Å². The summed E-state index contributed by atoms with van der Waals surface area (Å²) >= 11 is 0. The first-order valence-electron chi connectivity index (χ1n) is 3.07. The van der Waals surface area contributed by atoms with Gasteiger partial charge in [0, 0.05) is 5.92 Å². The number of hydrogen-bond donors (Lipinski definition) is 0. The lowest BCUT2D eigenvalue weighted by molar-refractivity contribution is 0.191. The minimum Gasteiger partial charge on any atom is -0.376 e. The summed E-state index contributed by atoms with van der Waals surface area (Å²) in [6.07, 6.45) is 2.15. The topological polar surface area (TPSA) is 9.23 Å². The fourth-order valence-electron chi connectivity index (χ4n) is 0.971. The maximum absolute atomic E-state index is 5.19. The third-order valence-electron chi connectivity index (χ3n) is 1.64. The second-order valence-electron chi connectivity index (χ2n) is 2.28. The number of allylic oxidation sites excluding steroid dienone is 1. The van der Waals surface area contributed by atoms with Crippen LogP contribution in [0.1, 0.15) is 13.8 Å². The minimum atomic E-state index is 0.667. The Balaban J connectivity index is 2.55. The molecule has 0 amide bonds. The maximum atomic E-state index is 5.19. The van der Waals surface area contributed by atoms with Crippen LogP contribution in [0.15, 0.2) is 11.6 Å². The van der Waals surface area contributed by atoms with E-state index in [0.717, 1.165) is 13.2 Å². The zero-order valence-electron chi connectivity index (χ0n) is 5.48. The van der Waals surface area contributed by atoms with Gasteiger partial charge in [-0.25, -0.2) is 0 Å². The Labute approximate surface area is 50.3 Å².